The quantitative estimate of drug-likeness (QED) is 0.528. The first-order valence-electron chi connectivity index (χ1n) is 10.4. The molecule has 1 aliphatic heterocycles. The zero-order valence-electron chi connectivity index (χ0n) is 18.4. The van der Waals surface area contributed by atoms with E-state index in [0.29, 0.717) is 28.2 Å². The Morgan fingerprint density at radius 3 is 2.29 bits per heavy atom. The number of hydrogen-bond acceptors (Lipinski definition) is 7. The Labute approximate surface area is 201 Å². The first-order chi connectivity index (χ1) is 16.0. The monoisotopic (exact) mass is 526 g/mol. The van der Waals surface area contributed by atoms with E-state index in [9.17, 15) is 26.0 Å². The van der Waals surface area contributed by atoms with Crippen molar-refractivity contribution in [1.29, 1.82) is 0 Å². The molecule has 34 heavy (non-hydrogen) atoms. The molecule has 3 aromatic rings. The van der Waals surface area contributed by atoms with E-state index in [-0.39, 0.29) is 28.8 Å². The molecular formula is C21H23FN4O5S3. The van der Waals surface area contributed by atoms with Gasteiger partial charge in [-0.15, -0.1) is 0 Å². The number of carbonyl (C=O) groups excluding carboxylic acids is 1. The van der Waals surface area contributed by atoms with Crippen molar-refractivity contribution in [3.8, 4) is 0 Å². The van der Waals surface area contributed by atoms with E-state index in [2.05, 4.69) is 10.3 Å². The van der Waals surface area contributed by atoms with E-state index in [1.165, 1.54) is 54.0 Å². The van der Waals surface area contributed by atoms with Gasteiger partial charge in [0.2, 0.25) is 26.0 Å². The predicted octanol–water partition coefficient (Wildman–Crippen LogP) is 2.73. The molecule has 2 aromatic carbocycles. The maximum atomic E-state index is 13.1. The summed E-state index contributed by atoms with van der Waals surface area (Å²) in [6.45, 7) is 0.340. The number of benzene rings is 2. The summed E-state index contributed by atoms with van der Waals surface area (Å²) in [5, 5.41) is 3.12. The van der Waals surface area contributed by atoms with E-state index >= 15 is 0 Å². The number of piperidine rings is 1. The summed E-state index contributed by atoms with van der Waals surface area (Å²) in [6, 6.07) is 9.25. The van der Waals surface area contributed by atoms with Gasteiger partial charge in [-0.2, -0.15) is 4.31 Å². The molecule has 0 bridgehead atoms. The molecule has 0 unspecified atom stereocenters. The van der Waals surface area contributed by atoms with Gasteiger partial charge in [0, 0.05) is 33.1 Å². The topological polar surface area (TPSA) is 117 Å². The fourth-order valence-corrected chi connectivity index (χ4v) is 7.03. The highest BCUT2D eigenvalue weighted by molar-refractivity contribution is 7.89. The van der Waals surface area contributed by atoms with Crippen LogP contribution < -0.4 is 5.32 Å². The van der Waals surface area contributed by atoms with Crippen LogP contribution in [-0.2, 0) is 24.8 Å². The molecule has 1 aromatic heterocycles. The summed E-state index contributed by atoms with van der Waals surface area (Å²) in [4.78, 5) is 17.3. The second kappa shape index (κ2) is 9.30. The molecule has 1 aliphatic rings. The summed E-state index contributed by atoms with van der Waals surface area (Å²) in [7, 11) is -4.44. The number of sulfonamides is 2. The lowest BCUT2D eigenvalue weighted by molar-refractivity contribution is -0.120. The maximum absolute atomic E-state index is 13.1. The lowest BCUT2D eigenvalue weighted by Crippen LogP contribution is -2.41. The van der Waals surface area contributed by atoms with Crippen molar-refractivity contribution in [3.05, 3.63) is 48.3 Å². The molecule has 1 fully saturated rings. The molecule has 0 saturated carbocycles. The second-order valence-corrected chi connectivity index (χ2v) is 13.2. The van der Waals surface area contributed by atoms with E-state index in [4.69, 9.17) is 0 Å². The van der Waals surface area contributed by atoms with Gasteiger partial charge < -0.3 is 5.32 Å². The third-order valence-electron chi connectivity index (χ3n) is 5.64. The summed E-state index contributed by atoms with van der Waals surface area (Å²) >= 11 is 1.17. The number of carbonyl (C=O) groups is 1. The molecule has 0 aliphatic carbocycles. The van der Waals surface area contributed by atoms with Gasteiger partial charge >= 0.3 is 0 Å². The molecule has 2 heterocycles. The molecule has 1 amide bonds. The van der Waals surface area contributed by atoms with Gasteiger partial charge in [0.25, 0.3) is 0 Å². The van der Waals surface area contributed by atoms with Crippen LogP contribution in [-0.4, -0.2) is 63.5 Å². The van der Waals surface area contributed by atoms with Crippen LogP contribution in [0.5, 0.6) is 0 Å². The standard InChI is InChI=1S/C21H23FN4O5S3/c1-25(2)33(28,29)17-7-8-18-19(13-17)32-21(23-18)24-20(27)14-9-11-26(12-10-14)34(30,31)16-5-3-15(22)4-6-16/h3-8,13-14H,9-12H2,1-2H3,(H,23,24,27). The molecule has 182 valence electrons. The average Bonchev–Trinajstić information content (AvgIpc) is 3.20. The van der Waals surface area contributed by atoms with Crippen molar-refractivity contribution in [3.63, 3.8) is 0 Å². The van der Waals surface area contributed by atoms with Gasteiger partial charge in [-0.25, -0.2) is 30.5 Å². The number of aromatic nitrogens is 1. The third kappa shape index (κ3) is 4.84. The fourth-order valence-electron chi connectivity index (χ4n) is 3.65. The SMILES string of the molecule is CN(C)S(=O)(=O)c1ccc2nc(NC(=O)C3CCN(S(=O)(=O)c4ccc(F)cc4)CC3)sc2c1. The summed E-state index contributed by atoms with van der Waals surface area (Å²) < 4.78 is 66.4. The summed E-state index contributed by atoms with van der Waals surface area (Å²) in [6.07, 6.45) is 0.671. The highest BCUT2D eigenvalue weighted by atomic mass is 32.2. The lowest BCUT2D eigenvalue weighted by Gasteiger charge is -2.30. The molecule has 1 saturated heterocycles. The van der Waals surface area contributed by atoms with Crippen LogP contribution in [0.15, 0.2) is 52.3 Å². The highest BCUT2D eigenvalue weighted by Crippen LogP contribution is 2.30. The maximum Gasteiger partial charge on any atom is 0.243 e. The molecule has 4 rings (SSSR count). The molecule has 1 N–H and O–H groups in total. The zero-order chi connectivity index (χ0) is 24.7. The van der Waals surface area contributed by atoms with Crippen LogP contribution in [0.2, 0.25) is 0 Å². The minimum atomic E-state index is -3.75. The van der Waals surface area contributed by atoms with Crippen molar-refractivity contribution in [2.75, 3.05) is 32.5 Å². The van der Waals surface area contributed by atoms with Gasteiger partial charge in [-0.05, 0) is 55.3 Å². The molecule has 0 radical (unpaired) electrons. The molecule has 13 heteroatoms. The van der Waals surface area contributed by atoms with Crippen LogP contribution in [0.3, 0.4) is 0 Å². The van der Waals surface area contributed by atoms with Crippen LogP contribution >= 0.6 is 11.3 Å². The minimum Gasteiger partial charge on any atom is -0.302 e. The molecule has 0 atom stereocenters. The fraction of sp³-hybridized carbons (Fsp3) is 0.333. The Hall–Kier alpha value is -2.45. The van der Waals surface area contributed by atoms with Gasteiger partial charge in [0.1, 0.15) is 5.82 Å². The third-order valence-corrected chi connectivity index (χ3v) is 10.3. The van der Waals surface area contributed by atoms with Crippen LogP contribution in [0, 0.1) is 11.7 Å². The van der Waals surface area contributed by atoms with Crippen molar-refractivity contribution < 1.29 is 26.0 Å². The Morgan fingerprint density at radius 1 is 1.06 bits per heavy atom. The summed E-state index contributed by atoms with van der Waals surface area (Å²) in [5.41, 5.74) is 0.568. The van der Waals surface area contributed by atoms with Gasteiger partial charge in [0.15, 0.2) is 5.13 Å². The molecular weight excluding hydrogens is 503 g/mol. The number of fused-ring (bicyclic) bond motifs is 1. The first-order valence-corrected chi connectivity index (χ1v) is 14.1. The van der Waals surface area contributed by atoms with E-state index in [0.717, 1.165) is 16.4 Å². The number of nitrogens with zero attached hydrogens (tertiary/aromatic N) is 3. The van der Waals surface area contributed by atoms with E-state index in [1.807, 2.05) is 0 Å². The highest BCUT2D eigenvalue weighted by Gasteiger charge is 2.32. The number of rotatable bonds is 6. The van der Waals surface area contributed by atoms with Crippen molar-refractivity contribution in [2.45, 2.75) is 22.6 Å². The Morgan fingerprint density at radius 2 is 1.68 bits per heavy atom. The molecule has 9 nitrogen and oxygen atoms in total. The summed E-state index contributed by atoms with van der Waals surface area (Å²) in [5.74, 6) is -1.17. The first kappa shape index (κ1) is 24.7. The Bertz CT molecular complexity index is 1430. The Kier molecular flexibility index (Phi) is 6.75. The van der Waals surface area contributed by atoms with Gasteiger partial charge in [-0.3, -0.25) is 4.79 Å². The number of nitrogens with one attached hydrogen (secondary N) is 1. The number of halogens is 1. The largest absolute Gasteiger partial charge is 0.302 e. The smallest absolute Gasteiger partial charge is 0.243 e. The number of amides is 1. The van der Waals surface area contributed by atoms with Crippen molar-refractivity contribution in [1.82, 2.24) is 13.6 Å². The number of anilines is 1. The zero-order valence-corrected chi connectivity index (χ0v) is 20.9. The van der Waals surface area contributed by atoms with E-state index < -0.39 is 31.8 Å². The van der Waals surface area contributed by atoms with Crippen molar-refractivity contribution >= 4 is 52.6 Å². The van der Waals surface area contributed by atoms with Crippen LogP contribution in [0.4, 0.5) is 9.52 Å². The lowest BCUT2D eigenvalue weighted by atomic mass is 9.97. The van der Waals surface area contributed by atoms with Crippen LogP contribution in [0.1, 0.15) is 12.8 Å². The van der Waals surface area contributed by atoms with Gasteiger partial charge in [-0.1, -0.05) is 11.3 Å². The normalized spacial score (nSPS) is 16.2. The predicted molar refractivity (Wildman–Crippen MR) is 127 cm³/mol. The minimum absolute atomic E-state index is 0.0157. The van der Waals surface area contributed by atoms with E-state index in [1.54, 1.807) is 6.07 Å². The Balaban J connectivity index is 1.41. The van der Waals surface area contributed by atoms with Crippen molar-refractivity contribution in [2.24, 2.45) is 5.92 Å². The number of hydrogen-bond donors (Lipinski definition) is 1. The average molecular weight is 527 g/mol. The van der Waals surface area contributed by atoms with Gasteiger partial charge in [0.05, 0.1) is 20.0 Å². The molecule has 0 spiro atoms. The second-order valence-electron chi connectivity index (χ2n) is 8.06. The van der Waals surface area contributed by atoms with Crippen LogP contribution in [0.25, 0.3) is 10.2 Å². The number of thiazole rings is 1.